The van der Waals surface area contributed by atoms with Crippen LogP contribution in [0, 0.1) is 0 Å². The predicted octanol–water partition coefficient (Wildman–Crippen LogP) is 2.80. The molecular formula is C22H19NO8S. The summed E-state index contributed by atoms with van der Waals surface area (Å²) in [5.74, 6) is -1.74. The average Bonchev–Trinajstić information content (AvgIpc) is 3.00. The molecule has 0 atom stereocenters. The average molecular weight is 457 g/mol. The minimum absolute atomic E-state index is 0.0331. The second-order valence-corrected chi connectivity index (χ2v) is 7.91. The Bertz CT molecular complexity index is 1260. The van der Waals surface area contributed by atoms with E-state index in [9.17, 15) is 27.7 Å². The molecule has 3 rings (SSSR count). The Morgan fingerprint density at radius 1 is 0.906 bits per heavy atom. The van der Waals surface area contributed by atoms with Crippen LogP contribution in [0.15, 0.2) is 83.1 Å². The van der Waals surface area contributed by atoms with Crippen molar-refractivity contribution in [3.05, 3.63) is 78.2 Å². The minimum Gasteiger partial charge on any atom is -0.508 e. The van der Waals surface area contributed by atoms with Crippen LogP contribution in [0.2, 0.25) is 0 Å². The van der Waals surface area contributed by atoms with E-state index in [1.165, 1.54) is 48.7 Å². The largest absolute Gasteiger partial charge is 0.508 e. The molecule has 9 nitrogen and oxygen atoms in total. The van der Waals surface area contributed by atoms with Crippen molar-refractivity contribution in [2.24, 2.45) is 0 Å². The number of methoxy groups -OCH3 is 2. The maximum atomic E-state index is 12.6. The van der Waals surface area contributed by atoms with E-state index in [1.807, 2.05) is 0 Å². The molecule has 0 unspecified atom stereocenters. The Balaban J connectivity index is 2.27. The summed E-state index contributed by atoms with van der Waals surface area (Å²) in [6, 6.07) is 10.2. The van der Waals surface area contributed by atoms with Crippen molar-refractivity contribution in [1.82, 2.24) is 0 Å². The zero-order valence-corrected chi connectivity index (χ0v) is 17.9. The van der Waals surface area contributed by atoms with Gasteiger partial charge in [0.1, 0.15) is 16.3 Å². The summed E-state index contributed by atoms with van der Waals surface area (Å²) in [6.45, 7) is 0. The number of carbonyl (C=O) groups excluding carboxylic acids is 2. The van der Waals surface area contributed by atoms with Gasteiger partial charge in [-0.2, -0.15) is 8.42 Å². The number of hydrogen-bond donors (Lipinski definition) is 2. The molecule has 1 aliphatic heterocycles. The number of esters is 2. The summed E-state index contributed by atoms with van der Waals surface area (Å²) in [4.78, 5) is 25.5. The van der Waals surface area contributed by atoms with Gasteiger partial charge in [0, 0.05) is 6.20 Å². The number of benzene rings is 2. The number of phenolic OH excluding ortho intramolecular Hbond substituents is 1. The molecule has 1 heterocycles. The van der Waals surface area contributed by atoms with Crippen molar-refractivity contribution in [2.45, 2.75) is 4.90 Å². The Labute approximate surface area is 184 Å². The molecule has 0 saturated heterocycles. The van der Waals surface area contributed by atoms with Gasteiger partial charge >= 0.3 is 11.9 Å². The van der Waals surface area contributed by atoms with Crippen molar-refractivity contribution in [1.29, 1.82) is 0 Å². The van der Waals surface area contributed by atoms with Gasteiger partial charge in [-0.05, 0) is 47.5 Å². The zero-order valence-electron chi connectivity index (χ0n) is 17.1. The van der Waals surface area contributed by atoms with Crippen LogP contribution in [0.25, 0.3) is 11.1 Å². The van der Waals surface area contributed by atoms with Gasteiger partial charge in [-0.3, -0.25) is 4.55 Å². The first-order chi connectivity index (χ1) is 15.2. The summed E-state index contributed by atoms with van der Waals surface area (Å²) < 4.78 is 44.0. The van der Waals surface area contributed by atoms with Crippen LogP contribution in [-0.4, -0.2) is 44.2 Å². The smallest absolute Gasteiger partial charge is 0.355 e. The fourth-order valence-corrected chi connectivity index (χ4v) is 3.81. The second-order valence-electron chi connectivity index (χ2n) is 6.52. The number of carbonyl (C=O) groups is 2. The van der Waals surface area contributed by atoms with Gasteiger partial charge in [0.25, 0.3) is 10.1 Å². The van der Waals surface area contributed by atoms with Gasteiger partial charge in [0.05, 0.1) is 25.5 Å². The van der Waals surface area contributed by atoms with Crippen molar-refractivity contribution in [3.63, 3.8) is 0 Å². The highest BCUT2D eigenvalue weighted by Crippen LogP contribution is 2.35. The van der Waals surface area contributed by atoms with E-state index in [4.69, 9.17) is 9.47 Å². The van der Waals surface area contributed by atoms with Crippen LogP contribution in [0.3, 0.4) is 0 Å². The van der Waals surface area contributed by atoms with Crippen LogP contribution in [0.4, 0.5) is 5.69 Å². The van der Waals surface area contributed by atoms with Gasteiger partial charge in [-0.1, -0.05) is 24.3 Å². The van der Waals surface area contributed by atoms with Gasteiger partial charge in [0.15, 0.2) is 0 Å². The molecule has 2 aromatic rings. The highest BCUT2D eigenvalue weighted by molar-refractivity contribution is 7.86. The van der Waals surface area contributed by atoms with Crippen molar-refractivity contribution >= 4 is 27.7 Å². The highest BCUT2D eigenvalue weighted by Gasteiger charge is 2.30. The van der Waals surface area contributed by atoms with Crippen molar-refractivity contribution in [2.75, 3.05) is 19.1 Å². The lowest BCUT2D eigenvalue weighted by molar-refractivity contribution is -0.139. The molecular weight excluding hydrogens is 438 g/mol. The van der Waals surface area contributed by atoms with Gasteiger partial charge < -0.3 is 19.5 Å². The number of ether oxygens (including phenoxy) is 2. The lowest BCUT2D eigenvalue weighted by atomic mass is 10.0. The molecule has 0 radical (unpaired) electrons. The molecule has 0 bridgehead atoms. The third-order valence-electron chi connectivity index (χ3n) is 4.59. The van der Waals surface area contributed by atoms with E-state index < -0.39 is 27.0 Å². The molecule has 0 aliphatic carbocycles. The van der Waals surface area contributed by atoms with E-state index in [2.05, 4.69) is 0 Å². The molecule has 166 valence electrons. The third kappa shape index (κ3) is 4.56. The normalized spacial score (nSPS) is 13.7. The fourth-order valence-electron chi connectivity index (χ4n) is 3.10. The number of anilines is 1. The topological polar surface area (TPSA) is 130 Å². The van der Waals surface area contributed by atoms with Crippen LogP contribution in [0.5, 0.6) is 5.75 Å². The Hall–Kier alpha value is -3.89. The summed E-state index contributed by atoms with van der Waals surface area (Å²) in [5, 5.41) is 9.48. The van der Waals surface area contributed by atoms with Crippen LogP contribution < -0.4 is 4.90 Å². The Morgan fingerprint density at radius 3 is 2.12 bits per heavy atom. The first kappa shape index (κ1) is 22.8. The maximum absolute atomic E-state index is 12.6. The standard InChI is InChI=1S/C22H19NO8S/c1-30-21(25)17-5-3-4-12-23(20(17)22(26)31-2)18-11-8-15(13-19(18)32(27,28)29)14-6-9-16(24)10-7-14/h3-13,24H,1-2H3,(H,27,28,29). The Kier molecular flexibility index (Phi) is 6.47. The van der Waals surface area contributed by atoms with Crippen LogP contribution in [0.1, 0.15) is 0 Å². The SMILES string of the molecule is COC(=O)C1=C(C(=O)OC)N(c2ccc(-c3ccc(O)cc3)cc2S(=O)(=O)O)C=CC=C1. The Morgan fingerprint density at radius 2 is 1.53 bits per heavy atom. The summed E-state index contributed by atoms with van der Waals surface area (Å²) in [6.07, 6.45) is 5.61. The molecule has 0 amide bonds. The molecule has 1 aliphatic rings. The van der Waals surface area contributed by atoms with E-state index in [0.29, 0.717) is 11.1 Å². The third-order valence-corrected chi connectivity index (χ3v) is 5.47. The first-order valence-corrected chi connectivity index (χ1v) is 10.6. The van der Waals surface area contributed by atoms with Crippen molar-refractivity contribution in [3.8, 4) is 16.9 Å². The number of allylic oxidation sites excluding steroid dienone is 2. The fraction of sp³-hybridized carbons (Fsp3) is 0.0909. The molecule has 2 aromatic carbocycles. The molecule has 32 heavy (non-hydrogen) atoms. The maximum Gasteiger partial charge on any atom is 0.355 e. The number of phenols is 1. The molecule has 0 spiro atoms. The van der Waals surface area contributed by atoms with Crippen molar-refractivity contribution < 1.29 is 37.1 Å². The highest BCUT2D eigenvalue weighted by atomic mass is 32.2. The van der Waals surface area contributed by atoms with E-state index in [1.54, 1.807) is 18.2 Å². The van der Waals surface area contributed by atoms with Gasteiger partial charge in [-0.25, -0.2) is 9.59 Å². The van der Waals surface area contributed by atoms with E-state index >= 15 is 0 Å². The van der Waals surface area contributed by atoms with Gasteiger partial charge in [0.2, 0.25) is 0 Å². The molecule has 10 heteroatoms. The van der Waals surface area contributed by atoms with Crippen LogP contribution in [-0.2, 0) is 29.2 Å². The quantitative estimate of drug-likeness (QED) is 0.514. The summed E-state index contributed by atoms with van der Waals surface area (Å²) >= 11 is 0. The van der Waals surface area contributed by atoms with Crippen LogP contribution >= 0.6 is 0 Å². The zero-order chi connectivity index (χ0) is 23.5. The monoisotopic (exact) mass is 457 g/mol. The number of nitrogens with zero attached hydrogens (tertiary/aromatic N) is 1. The summed E-state index contributed by atoms with van der Waals surface area (Å²) in [5.41, 5.74) is 0.429. The van der Waals surface area contributed by atoms with E-state index in [-0.39, 0.29) is 22.7 Å². The van der Waals surface area contributed by atoms with Gasteiger partial charge in [-0.15, -0.1) is 0 Å². The molecule has 0 fully saturated rings. The molecule has 0 aromatic heterocycles. The minimum atomic E-state index is -4.77. The predicted molar refractivity (Wildman–Crippen MR) is 115 cm³/mol. The number of rotatable bonds is 5. The summed E-state index contributed by atoms with van der Waals surface area (Å²) in [7, 11) is -2.52. The lowest BCUT2D eigenvalue weighted by Gasteiger charge is -2.25. The number of hydrogen-bond acceptors (Lipinski definition) is 8. The van der Waals surface area contributed by atoms with E-state index in [0.717, 1.165) is 19.1 Å². The number of aromatic hydroxyl groups is 1. The molecule has 2 N–H and O–H groups in total. The lowest BCUT2D eigenvalue weighted by Crippen LogP contribution is -2.28. The second kappa shape index (κ2) is 9.08. The first-order valence-electron chi connectivity index (χ1n) is 9.13. The molecule has 0 saturated carbocycles.